The maximum atomic E-state index is 14.4. The van der Waals surface area contributed by atoms with Crippen molar-refractivity contribution in [3.05, 3.63) is 96.3 Å². The molecule has 0 aliphatic carbocycles. The number of hydrogen-bond donors (Lipinski definition) is 1. The van der Waals surface area contributed by atoms with E-state index in [9.17, 15) is 9.18 Å². The monoisotopic (exact) mass is 630 g/mol. The highest BCUT2D eigenvalue weighted by Crippen LogP contribution is 2.37. The number of nitrogens with two attached hydrogens (primary N) is 1. The molecule has 3 aromatic carbocycles. The lowest BCUT2D eigenvalue weighted by Gasteiger charge is -2.33. The Morgan fingerprint density at radius 2 is 1.87 bits per heavy atom. The molecule has 238 valence electrons. The number of carbonyl (C=O) groups excluding carboxylic acids is 1. The van der Waals surface area contributed by atoms with Gasteiger partial charge in [0.2, 0.25) is 0 Å². The number of pyridine rings is 1. The number of para-hydroxylation sites is 2. The van der Waals surface area contributed by atoms with Gasteiger partial charge in [0.15, 0.2) is 5.82 Å². The number of aromatic nitrogens is 4. The van der Waals surface area contributed by atoms with Gasteiger partial charge in [0.25, 0.3) is 5.91 Å². The number of alkyl halides is 1. The lowest BCUT2D eigenvalue weighted by atomic mass is 10.0. The number of benzene rings is 3. The third kappa shape index (κ3) is 5.28. The van der Waals surface area contributed by atoms with Crippen LogP contribution in [0, 0.1) is 0 Å². The van der Waals surface area contributed by atoms with Crippen molar-refractivity contribution in [1.29, 1.82) is 0 Å². The zero-order chi connectivity index (χ0) is 32.1. The molecule has 47 heavy (non-hydrogen) atoms. The first-order valence-electron chi connectivity index (χ1n) is 16.0. The summed E-state index contributed by atoms with van der Waals surface area (Å²) in [6.07, 6.45) is 3.59. The van der Waals surface area contributed by atoms with Gasteiger partial charge in [-0.2, -0.15) is 0 Å². The molecule has 0 radical (unpaired) electrons. The molecule has 10 heteroatoms. The van der Waals surface area contributed by atoms with E-state index in [1.807, 2.05) is 42.7 Å². The first-order valence-corrected chi connectivity index (χ1v) is 16.0. The standard InChI is InChI=1S/C37H35FN6O3/c1-46-34-16-25(37(45)42-21-27(38)17-28(39)22-42)14-30-35(34)44-20-23-13-26(19-40-18-23)29-8-3-5-10-33(29)47-12-6-11-43-31-9-4-2-7-24(31)15-32(43)36(44)41-30/h2-5,7-10,13-16,18-19,27-28H,6,11-12,17,20-22,39H2,1H3/t27-,28-/m1/s1. The predicted octanol–water partition coefficient (Wildman–Crippen LogP) is 6.07. The second kappa shape index (κ2) is 11.9. The van der Waals surface area contributed by atoms with Gasteiger partial charge in [-0.15, -0.1) is 0 Å². The Hall–Kier alpha value is -5.22. The summed E-state index contributed by atoms with van der Waals surface area (Å²) in [5, 5.41) is 1.10. The fourth-order valence-electron chi connectivity index (χ4n) is 7.06. The molecule has 1 saturated heterocycles. The van der Waals surface area contributed by atoms with E-state index in [0.717, 1.165) is 56.8 Å². The number of likely N-dealkylation sites (tertiary alicyclic amines) is 1. The number of methoxy groups -OCH3 is 1. The Bertz CT molecular complexity index is 2130. The molecule has 2 N–H and O–H groups in total. The van der Waals surface area contributed by atoms with Crippen LogP contribution in [0.25, 0.3) is 44.6 Å². The summed E-state index contributed by atoms with van der Waals surface area (Å²) < 4.78 is 31.2. The molecule has 2 atom stereocenters. The molecule has 5 heterocycles. The summed E-state index contributed by atoms with van der Waals surface area (Å²) in [6.45, 7) is 2.01. The van der Waals surface area contributed by atoms with Crippen LogP contribution in [0.5, 0.6) is 11.5 Å². The zero-order valence-corrected chi connectivity index (χ0v) is 26.1. The van der Waals surface area contributed by atoms with Gasteiger partial charge >= 0.3 is 0 Å². The first kappa shape index (κ1) is 29.2. The van der Waals surface area contributed by atoms with Crippen molar-refractivity contribution in [2.24, 2.45) is 5.73 Å². The van der Waals surface area contributed by atoms with Crippen molar-refractivity contribution in [3.63, 3.8) is 0 Å². The van der Waals surface area contributed by atoms with Crippen LogP contribution in [0.4, 0.5) is 4.39 Å². The van der Waals surface area contributed by atoms with Crippen LogP contribution in [0.3, 0.4) is 0 Å². The SMILES string of the molecule is COc1cc(C(=O)N2C[C@H](N)C[C@@H](F)C2)cc2nc3n(c12)Cc1cncc(c1)-c1ccccc1OCCCn1c-3cc2ccccc21. The van der Waals surface area contributed by atoms with E-state index >= 15 is 0 Å². The summed E-state index contributed by atoms with van der Waals surface area (Å²) in [5.41, 5.74) is 12.8. The van der Waals surface area contributed by atoms with E-state index < -0.39 is 12.2 Å². The Balaban J connectivity index is 1.34. The second-order valence-corrected chi connectivity index (χ2v) is 12.4. The molecular formula is C37H35FN6O3. The van der Waals surface area contributed by atoms with Crippen LogP contribution < -0.4 is 15.2 Å². The van der Waals surface area contributed by atoms with Gasteiger partial charge in [0.1, 0.15) is 23.2 Å². The van der Waals surface area contributed by atoms with Gasteiger partial charge < -0.3 is 29.2 Å². The van der Waals surface area contributed by atoms with Crippen molar-refractivity contribution in [2.75, 3.05) is 26.8 Å². The number of ether oxygens (including phenoxy) is 2. The van der Waals surface area contributed by atoms with E-state index in [1.165, 1.54) is 4.90 Å². The molecule has 0 saturated carbocycles. The second-order valence-electron chi connectivity index (χ2n) is 12.4. The van der Waals surface area contributed by atoms with E-state index in [-0.39, 0.29) is 18.9 Å². The molecule has 6 aromatic rings. The largest absolute Gasteiger partial charge is 0.494 e. The Kier molecular flexibility index (Phi) is 7.37. The van der Waals surface area contributed by atoms with Crippen molar-refractivity contribution < 1.29 is 18.7 Å². The molecule has 8 rings (SSSR count). The lowest BCUT2D eigenvalue weighted by molar-refractivity contribution is 0.0606. The molecule has 2 aliphatic rings. The average Bonchev–Trinajstić information content (AvgIpc) is 3.63. The van der Waals surface area contributed by atoms with Gasteiger partial charge in [-0.05, 0) is 54.8 Å². The molecular weight excluding hydrogens is 595 g/mol. The summed E-state index contributed by atoms with van der Waals surface area (Å²) in [7, 11) is 1.59. The minimum Gasteiger partial charge on any atom is -0.494 e. The number of amides is 1. The van der Waals surface area contributed by atoms with Crippen LogP contribution in [0.2, 0.25) is 0 Å². The molecule has 0 spiro atoms. The van der Waals surface area contributed by atoms with E-state index in [0.29, 0.717) is 43.1 Å². The fraction of sp³-hybridized carbons (Fsp3) is 0.270. The highest BCUT2D eigenvalue weighted by atomic mass is 19.1. The van der Waals surface area contributed by atoms with E-state index in [2.05, 4.69) is 44.5 Å². The molecule has 2 aliphatic heterocycles. The predicted molar refractivity (Wildman–Crippen MR) is 179 cm³/mol. The van der Waals surface area contributed by atoms with Gasteiger partial charge in [-0.3, -0.25) is 9.78 Å². The van der Waals surface area contributed by atoms with Crippen LogP contribution in [-0.4, -0.2) is 68.9 Å². The van der Waals surface area contributed by atoms with Crippen molar-refractivity contribution in [2.45, 2.75) is 38.1 Å². The maximum absolute atomic E-state index is 14.4. The quantitative estimate of drug-likeness (QED) is 0.249. The van der Waals surface area contributed by atoms with Crippen LogP contribution in [0.1, 0.15) is 28.8 Å². The summed E-state index contributed by atoms with van der Waals surface area (Å²) >= 11 is 0. The molecule has 1 fully saturated rings. The number of carbonyl (C=O) groups is 1. The number of imidazole rings is 1. The van der Waals surface area contributed by atoms with Gasteiger partial charge in [-0.1, -0.05) is 36.4 Å². The zero-order valence-electron chi connectivity index (χ0n) is 26.1. The fourth-order valence-corrected chi connectivity index (χ4v) is 7.06. The topological polar surface area (TPSA) is 100 Å². The maximum Gasteiger partial charge on any atom is 0.254 e. The number of rotatable bonds is 2. The van der Waals surface area contributed by atoms with Crippen molar-refractivity contribution >= 4 is 27.8 Å². The summed E-state index contributed by atoms with van der Waals surface area (Å²) in [6, 6.07) is 23.8. The van der Waals surface area contributed by atoms with Crippen LogP contribution in [0.15, 0.2) is 85.2 Å². The Labute approximate surface area is 271 Å². The lowest BCUT2D eigenvalue weighted by Crippen LogP contribution is -2.50. The summed E-state index contributed by atoms with van der Waals surface area (Å²) in [5.74, 6) is 1.78. The van der Waals surface area contributed by atoms with Gasteiger partial charge in [0, 0.05) is 59.1 Å². The minimum absolute atomic E-state index is 0.0167. The minimum atomic E-state index is -1.15. The van der Waals surface area contributed by atoms with Crippen molar-refractivity contribution in [3.8, 4) is 34.1 Å². The highest BCUT2D eigenvalue weighted by molar-refractivity contribution is 6.00. The molecule has 3 aromatic heterocycles. The Morgan fingerprint density at radius 3 is 2.74 bits per heavy atom. The molecule has 9 nitrogen and oxygen atoms in total. The number of fused-ring (bicyclic) bond motifs is 11. The van der Waals surface area contributed by atoms with Crippen LogP contribution >= 0.6 is 0 Å². The summed E-state index contributed by atoms with van der Waals surface area (Å²) in [4.78, 5) is 25.0. The highest BCUT2D eigenvalue weighted by Gasteiger charge is 2.30. The molecule has 2 bridgehead atoms. The average molecular weight is 631 g/mol. The smallest absolute Gasteiger partial charge is 0.254 e. The number of halogens is 1. The van der Waals surface area contributed by atoms with E-state index in [1.54, 1.807) is 19.2 Å². The third-order valence-corrected chi connectivity index (χ3v) is 9.15. The normalized spacial score (nSPS) is 18.1. The molecule has 0 unspecified atom stereocenters. The van der Waals surface area contributed by atoms with Crippen LogP contribution in [-0.2, 0) is 13.1 Å². The molecule has 1 amide bonds. The third-order valence-electron chi connectivity index (χ3n) is 9.15. The number of aryl methyl sites for hydroxylation is 1. The number of nitrogens with zero attached hydrogens (tertiary/aromatic N) is 5. The number of hydrogen-bond acceptors (Lipinski definition) is 6. The van der Waals surface area contributed by atoms with Gasteiger partial charge in [-0.25, -0.2) is 9.37 Å². The number of piperidine rings is 1. The van der Waals surface area contributed by atoms with E-state index in [4.69, 9.17) is 20.2 Å². The van der Waals surface area contributed by atoms with Crippen molar-refractivity contribution in [1.82, 2.24) is 24.0 Å². The first-order chi connectivity index (χ1) is 23.0. The Morgan fingerprint density at radius 1 is 1.02 bits per heavy atom. The van der Waals surface area contributed by atoms with Gasteiger partial charge in [0.05, 0.1) is 38.0 Å².